The van der Waals surface area contributed by atoms with Gasteiger partial charge in [-0.25, -0.2) is 0 Å². The van der Waals surface area contributed by atoms with Crippen LogP contribution >= 0.6 is 0 Å². The van der Waals surface area contributed by atoms with Gasteiger partial charge in [0.1, 0.15) is 0 Å². The third-order valence-corrected chi connectivity index (χ3v) is 3.89. The van der Waals surface area contributed by atoms with Crippen molar-refractivity contribution < 1.29 is 0 Å². The van der Waals surface area contributed by atoms with Gasteiger partial charge in [-0.05, 0) is 52.7 Å². The van der Waals surface area contributed by atoms with Crippen LogP contribution < -0.4 is 0 Å². The van der Waals surface area contributed by atoms with Crippen LogP contribution in [-0.2, 0) is 6.42 Å². The van der Waals surface area contributed by atoms with Crippen molar-refractivity contribution in [3.05, 3.63) is 36.0 Å². The van der Waals surface area contributed by atoms with E-state index < -0.39 is 0 Å². The van der Waals surface area contributed by atoms with Crippen molar-refractivity contribution in [3.8, 4) is 0 Å². The minimum Gasteiger partial charge on any atom is -0.361 e. The predicted molar refractivity (Wildman–Crippen MR) is 83.6 cm³/mol. The van der Waals surface area contributed by atoms with Crippen LogP contribution in [0.2, 0.25) is 0 Å². The highest BCUT2D eigenvalue weighted by molar-refractivity contribution is 5.83. The van der Waals surface area contributed by atoms with Crippen LogP contribution in [0.25, 0.3) is 10.9 Å². The molecule has 2 rings (SSSR count). The molecule has 1 aromatic carbocycles. The van der Waals surface area contributed by atoms with Crippen LogP contribution in [0, 0.1) is 0 Å². The van der Waals surface area contributed by atoms with Gasteiger partial charge in [-0.1, -0.05) is 18.2 Å². The van der Waals surface area contributed by atoms with Crippen LogP contribution in [0.1, 0.15) is 40.2 Å². The summed E-state index contributed by atoms with van der Waals surface area (Å²) in [7, 11) is 0. The SMILES string of the molecule is CC(C)N(C(C)C)C(C)Cc1c[nH]c2ccccc12. The predicted octanol–water partition coefficient (Wildman–Crippen LogP) is 4.22. The topological polar surface area (TPSA) is 19.0 Å². The quantitative estimate of drug-likeness (QED) is 0.851. The van der Waals surface area contributed by atoms with E-state index in [1.165, 1.54) is 16.5 Å². The second-order valence-corrected chi connectivity index (χ2v) is 6.05. The van der Waals surface area contributed by atoms with E-state index >= 15 is 0 Å². The molecule has 19 heavy (non-hydrogen) atoms. The van der Waals surface area contributed by atoms with Gasteiger partial charge in [0.15, 0.2) is 0 Å². The summed E-state index contributed by atoms with van der Waals surface area (Å²) in [6.07, 6.45) is 3.26. The summed E-state index contributed by atoms with van der Waals surface area (Å²) in [6.45, 7) is 11.5. The van der Waals surface area contributed by atoms with E-state index in [4.69, 9.17) is 0 Å². The monoisotopic (exact) mass is 258 g/mol. The Morgan fingerprint density at radius 2 is 1.63 bits per heavy atom. The summed E-state index contributed by atoms with van der Waals surface area (Å²) >= 11 is 0. The second kappa shape index (κ2) is 5.79. The van der Waals surface area contributed by atoms with Gasteiger partial charge < -0.3 is 4.98 Å². The summed E-state index contributed by atoms with van der Waals surface area (Å²) in [5.41, 5.74) is 2.67. The Kier molecular flexibility index (Phi) is 4.31. The number of aromatic amines is 1. The average Bonchev–Trinajstić information content (AvgIpc) is 2.72. The molecule has 1 unspecified atom stereocenters. The number of benzene rings is 1. The highest BCUT2D eigenvalue weighted by atomic mass is 15.2. The van der Waals surface area contributed by atoms with Crippen molar-refractivity contribution in [2.75, 3.05) is 0 Å². The lowest BCUT2D eigenvalue weighted by Gasteiger charge is -2.36. The summed E-state index contributed by atoms with van der Waals surface area (Å²) in [5, 5.41) is 1.36. The van der Waals surface area contributed by atoms with E-state index in [9.17, 15) is 0 Å². The highest BCUT2D eigenvalue weighted by Gasteiger charge is 2.21. The van der Waals surface area contributed by atoms with E-state index in [1.807, 2.05) is 0 Å². The lowest BCUT2D eigenvalue weighted by atomic mass is 10.0. The van der Waals surface area contributed by atoms with Crippen LogP contribution in [0.3, 0.4) is 0 Å². The lowest BCUT2D eigenvalue weighted by molar-refractivity contribution is 0.122. The van der Waals surface area contributed by atoms with Crippen LogP contribution in [0.15, 0.2) is 30.5 Å². The zero-order chi connectivity index (χ0) is 14.0. The zero-order valence-electron chi connectivity index (χ0n) is 12.8. The molecule has 0 fully saturated rings. The van der Waals surface area contributed by atoms with E-state index in [-0.39, 0.29) is 0 Å². The molecule has 1 atom stereocenters. The van der Waals surface area contributed by atoms with E-state index in [1.54, 1.807) is 0 Å². The van der Waals surface area contributed by atoms with Crippen molar-refractivity contribution >= 4 is 10.9 Å². The van der Waals surface area contributed by atoms with E-state index in [0.717, 1.165) is 6.42 Å². The molecule has 0 aliphatic carbocycles. The van der Waals surface area contributed by atoms with Gasteiger partial charge in [-0.15, -0.1) is 0 Å². The molecule has 104 valence electrons. The first-order valence-corrected chi connectivity index (χ1v) is 7.33. The first-order chi connectivity index (χ1) is 9.00. The number of nitrogens with one attached hydrogen (secondary N) is 1. The van der Waals surface area contributed by atoms with E-state index in [0.29, 0.717) is 18.1 Å². The van der Waals surface area contributed by atoms with Crippen molar-refractivity contribution in [1.82, 2.24) is 9.88 Å². The standard InChI is InChI=1S/C17H26N2/c1-12(2)19(13(3)4)14(5)10-15-11-18-17-9-7-6-8-16(15)17/h6-9,11-14,18H,10H2,1-5H3. The summed E-state index contributed by atoms with van der Waals surface area (Å²) in [6, 6.07) is 10.3. The van der Waals surface area contributed by atoms with Crippen molar-refractivity contribution in [3.63, 3.8) is 0 Å². The van der Waals surface area contributed by atoms with E-state index in [2.05, 4.69) is 75.0 Å². The Hall–Kier alpha value is -1.28. The van der Waals surface area contributed by atoms with Crippen molar-refractivity contribution in [2.45, 2.75) is 59.2 Å². The third kappa shape index (κ3) is 3.01. The number of rotatable bonds is 5. The fraction of sp³-hybridized carbons (Fsp3) is 0.529. The van der Waals surface area contributed by atoms with Crippen LogP contribution in [0.4, 0.5) is 0 Å². The van der Waals surface area contributed by atoms with Gasteiger partial charge in [-0.3, -0.25) is 4.90 Å². The molecule has 2 heteroatoms. The lowest BCUT2D eigenvalue weighted by Crippen LogP contribution is -2.44. The largest absolute Gasteiger partial charge is 0.361 e. The molecule has 1 heterocycles. The number of hydrogen-bond acceptors (Lipinski definition) is 1. The Labute approximate surface area is 116 Å². The number of hydrogen-bond donors (Lipinski definition) is 1. The summed E-state index contributed by atoms with van der Waals surface area (Å²) < 4.78 is 0. The molecule has 0 aliphatic heterocycles. The molecule has 2 aromatic rings. The average molecular weight is 258 g/mol. The Balaban J connectivity index is 2.20. The Morgan fingerprint density at radius 1 is 1.00 bits per heavy atom. The summed E-state index contributed by atoms with van der Waals surface area (Å²) in [5.74, 6) is 0. The molecule has 0 saturated heterocycles. The zero-order valence-corrected chi connectivity index (χ0v) is 12.8. The molecule has 0 amide bonds. The smallest absolute Gasteiger partial charge is 0.0456 e. The molecule has 0 aliphatic rings. The molecule has 1 aromatic heterocycles. The van der Waals surface area contributed by atoms with Crippen LogP contribution in [0.5, 0.6) is 0 Å². The normalized spacial score (nSPS) is 13.9. The molecular formula is C17H26N2. The molecule has 0 radical (unpaired) electrons. The molecule has 0 bridgehead atoms. The highest BCUT2D eigenvalue weighted by Crippen LogP contribution is 2.22. The fourth-order valence-electron chi connectivity index (χ4n) is 3.34. The number of H-pyrrole nitrogens is 1. The number of para-hydroxylation sites is 1. The maximum atomic E-state index is 3.37. The maximum absolute atomic E-state index is 3.37. The van der Waals surface area contributed by atoms with Gasteiger partial charge in [0.2, 0.25) is 0 Å². The molecular weight excluding hydrogens is 232 g/mol. The minimum atomic E-state index is 0.555. The first kappa shape index (κ1) is 14.1. The van der Waals surface area contributed by atoms with Crippen molar-refractivity contribution in [1.29, 1.82) is 0 Å². The Morgan fingerprint density at radius 3 is 2.26 bits per heavy atom. The number of nitrogens with zero attached hydrogens (tertiary/aromatic N) is 1. The molecule has 0 saturated carbocycles. The van der Waals surface area contributed by atoms with Crippen molar-refractivity contribution in [2.24, 2.45) is 0 Å². The summed E-state index contributed by atoms with van der Waals surface area (Å²) in [4.78, 5) is 5.96. The van der Waals surface area contributed by atoms with Gasteiger partial charge in [0.05, 0.1) is 0 Å². The van der Waals surface area contributed by atoms with Crippen LogP contribution in [-0.4, -0.2) is 28.0 Å². The molecule has 2 nitrogen and oxygen atoms in total. The fourth-order valence-corrected chi connectivity index (χ4v) is 3.34. The van der Waals surface area contributed by atoms with Gasteiger partial charge in [0.25, 0.3) is 0 Å². The van der Waals surface area contributed by atoms with Gasteiger partial charge in [-0.2, -0.15) is 0 Å². The third-order valence-electron chi connectivity index (χ3n) is 3.89. The minimum absolute atomic E-state index is 0.555. The first-order valence-electron chi connectivity index (χ1n) is 7.33. The number of fused-ring (bicyclic) bond motifs is 1. The number of aromatic nitrogens is 1. The van der Waals surface area contributed by atoms with Gasteiger partial charge >= 0.3 is 0 Å². The Bertz CT molecular complexity index is 517. The molecule has 1 N–H and O–H groups in total. The van der Waals surface area contributed by atoms with Gasteiger partial charge in [0, 0.05) is 35.2 Å². The second-order valence-electron chi connectivity index (χ2n) is 6.05. The molecule has 0 spiro atoms. The maximum Gasteiger partial charge on any atom is 0.0456 e.